The van der Waals surface area contributed by atoms with E-state index in [0.717, 1.165) is 18.8 Å². The zero-order valence-electron chi connectivity index (χ0n) is 12.3. The highest BCUT2D eigenvalue weighted by molar-refractivity contribution is 7.11. The van der Waals surface area contributed by atoms with E-state index in [2.05, 4.69) is 23.5 Å². The van der Waals surface area contributed by atoms with Crippen LogP contribution in [-0.4, -0.2) is 18.6 Å². The zero-order valence-corrected chi connectivity index (χ0v) is 13.1. The number of hydrogen-bond donors (Lipinski definition) is 1. The molecule has 21 heavy (non-hydrogen) atoms. The van der Waals surface area contributed by atoms with Gasteiger partial charge in [-0.3, -0.25) is 0 Å². The predicted octanol–water partition coefficient (Wildman–Crippen LogP) is 3.46. The van der Waals surface area contributed by atoms with Gasteiger partial charge in [-0.05, 0) is 44.4 Å². The Morgan fingerprint density at radius 3 is 3.14 bits per heavy atom. The second-order valence-electron chi connectivity index (χ2n) is 5.91. The number of fused-ring (bicyclic) bond motifs is 2. The molecule has 2 heterocycles. The lowest BCUT2D eigenvalue weighted by Crippen LogP contribution is -2.22. The highest BCUT2D eigenvalue weighted by atomic mass is 32.1. The molecule has 2 aliphatic rings. The number of thiazole rings is 1. The molecule has 0 saturated heterocycles. The smallest absolute Gasteiger partial charge is 0.122 e. The third kappa shape index (κ3) is 2.36. The van der Waals surface area contributed by atoms with Gasteiger partial charge in [0.25, 0.3) is 0 Å². The Morgan fingerprint density at radius 1 is 1.33 bits per heavy atom. The maximum Gasteiger partial charge on any atom is 0.122 e. The first-order valence-corrected chi connectivity index (χ1v) is 8.54. The maximum absolute atomic E-state index is 5.93. The molecule has 2 atom stereocenters. The van der Waals surface area contributed by atoms with Gasteiger partial charge in [0.15, 0.2) is 0 Å². The van der Waals surface area contributed by atoms with Gasteiger partial charge in [-0.1, -0.05) is 18.2 Å². The Labute approximate surface area is 129 Å². The standard InChI is InChI=1S/C17H20N2OS/c1-18-13-6-4-8-15-16(13)19-17(21-15)12-9-11-5-2-3-7-14(11)20-10-12/h2-3,5,7,12-13,18H,4,6,8-10H2,1H3. The van der Waals surface area contributed by atoms with E-state index in [1.165, 1.54) is 40.4 Å². The minimum atomic E-state index is 0.410. The molecule has 1 aliphatic carbocycles. The van der Waals surface area contributed by atoms with Crippen molar-refractivity contribution in [2.24, 2.45) is 0 Å². The largest absolute Gasteiger partial charge is 0.493 e. The molecule has 3 nitrogen and oxygen atoms in total. The van der Waals surface area contributed by atoms with Gasteiger partial charge in [0.1, 0.15) is 5.75 Å². The Hall–Kier alpha value is -1.39. The summed E-state index contributed by atoms with van der Waals surface area (Å²) >= 11 is 1.90. The summed E-state index contributed by atoms with van der Waals surface area (Å²) in [5.74, 6) is 1.45. The number of aryl methyl sites for hydroxylation is 1. The predicted molar refractivity (Wildman–Crippen MR) is 85.2 cm³/mol. The molecule has 4 heteroatoms. The molecular formula is C17H20N2OS. The summed E-state index contributed by atoms with van der Waals surface area (Å²) in [4.78, 5) is 6.46. The molecule has 2 aromatic rings. The van der Waals surface area contributed by atoms with E-state index in [0.29, 0.717) is 12.0 Å². The number of nitrogens with zero attached hydrogens (tertiary/aromatic N) is 1. The van der Waals surface area contributed by atoms with Gasteiger partial charge in [-0.2, -0.15) is 0 Å². The molecule has 1 aromatic heterocycles. The molecule has 0 saturated carbocycles. The highest BCUT2D eigenvalue weighted by Crippen LogP contribution is 2.38. The average molecular weight is 300 g/mol. The number of benzene rings is 1. The van der Waals surface area contributed by atoms with Crippen molar-refractivity contribution in [3.63, 3.8) is 0 Å². The number of rotatable bonds is 2. The van der Waals surface area contributed by atoms with Gasteiger partial charge in [-0.15, -0.1) is 11.3 Å². The van der Waals surface area contributed by atoms with Crippen molar-refractivity contribution in [2.75, 3.05) is 13.7 Å². The minimum absolute atomic E-state index is 0.410. The van der Waals surface area contributed by atoms with Crippen LogP contribution in [0.2, 0.25) is 0 Å². The van der Waals surface area contributed by atoms with E-state index in [-0.39, 0.29) is 0 Å². The summed E-state index contributed by atoms with van der Waals surface area (Å²) in [6, 6.07) is 8.81. The van der Waals surface area contributed by atoms with E-state index in [9.17, 15) is 0 Å². The first-order valence-electron chi connectivity index (χ1n) is 7.72. The molecule has 110 valence electrons. The molecule has 0 radical (unpaired) electrons. The number of ether oxygens (including phenoxy) is 1. The topological polar surface area (TPSA) is 34.1 Å². The molecule has 0 spiro atoms. The monoisotopic (exact) mass is 300 g/mol. The Balaban J connectivity index is 1.62. The zero-order chi connectivity index (χ0) is 14.2. The third-order valence-corrected chi connectivity index (χ3v) is 5.84. The van der Waals surface area contributed by atoms with Crippen LogP contribution in [0.25, 0.3) is 0 Å². The highest BCUT2D eigenvalue weighted by Gasteiger charge is 2.28. The van der Waals surface area contributed by atoms with Gasteiger partial charge in [-0.25, -0.2) is 4.98 Å². The van der Waals surface area contributed by atoms with Crippen molar-refractivity contribution in [3.8, 4) is 5.75 Å². The van der Waals surface area contributed by atoms with Crippen molar-refractivity contribution in [1.29, 1.82) is 0 Å². The van der Waals surface area contributed by atoms with Crippen LogP contribution < -0.4 is 10.1 Å². The molecule has 1 N–H and O–H groups in total. The van der Waals surface area contributed by atoms with Crippen molar-refractivity contribution >= 4 is 11.3 Å². The SMILES string of the molecule is CNC1CCCc2sc(C3COc4ccccc4C3)nc21. The molecule has 0 fully saturated rings. The number of para-hydroxylation sites is 1. The molecule has 1 aliphatic heterocycles. The first kappa shape index (κ1) is 13.3. The summed E-state index contributed by atoms with van der Waals surface area (Å²) < 4.78 is 5.93. The number of aromatic nitrogens is 1. The lowest BCUT2D eigenvalue weighted by atomic mass is 9.96. The van der Waals surface area contributed by atoms with Crippen LogP contribution in [0.15, 0.2) is 24.3 Å². The van der Waals surface area contributed by atoms with Gasteiger partial charge < -0.3 is 10.1 Å². The fourth-order valence-corrected chi connectivity index (χ4v) is 4.63. The van der Waals surface area contributed by atoms with E-state index in [1.807, 2.05) is 24.5 Å². The third-order valence-electron chi connectivity index (χ3n) is 4.55. The summed E-state index contributed by atoms with van der Waals surface area (Å²) in [5, 5.41) is 4.67. The van der Waals surface area contributed by atoms with Crippen LogP contribution in [0.4, 0.5) is 0 Å². The molecular weight excluding hydrogens is 280 g/mol. The Morgan fingerprint density at radius 2 is 2.24 bits per heavy atom. The van der Waals surface area contributed by atoms with Crippen LogP contribution in [-0.2, 0) is 12.8 Å². The number of hydrogen-bond acceptors (Lipinski definition) is 4. The summed E-state index contributed by atoms with van der Waals surface area (Å²) in [6.07, 6.45) is 4.71. The molecule has 4 rings (SSSR count). The molecule has 0 amide bonds. The second-order valence-corrected chi connectivity index (χ2v) is 7.03. The Bertz CT molecular complexity index is 652. The number of nitrogens with one attached hydrogen (secondary N) is 1. The summed E-state index contributed by atoms with van der Waals surface area (Å²) in [7, 11) is 2.04. The van der Waals surface area contributed by atoms with Gasteiger partial charge in [0.2, 0.25) is 0 Å². The van der Waals surface area contributed by atoms with Crippen LogP contribution in [0.5, 0.6) is 5.75 Å². The normalized spacial score (nSPS) is 24.0. The quantitative estimate of drug-likeness (QED) is 0.922. The van der Waals surface area contributed by atoms with E-state index >= 15 is 0 Å². The van der Waals surface area contributed by atoms with E-state index in [4.69, 9.17) is 9.72 Å². The van der Waals surface area contributed by atoms with Crippen molar-refractivity contribution < 1.29 is 4.74 Å². The second kappa shape index (κ2) is 5.43. The Kier molecular flexibility index (Phi) is 3.43. The lowest BCUT2D eigenvalue weighted by Gasteiger charge is -2.23. The van der Waals surface area contributed by atoms with Crippen molar-refractivity contribution in [3.05, 3.63) is 45.4 Å². The first-order chi connectivity index (χ1) is 10.3. The van der Waals surface area contributed by atoms with Crippen LogP contribution in [0.1, 0.15) is 45.9 Å². The van der Waals surface area contributed by atoms with Crippen molar-refractivity contribution in [2.45, 2.75) is 37.6 Å². The van der Waals surface area contributed by atoms with Crippen LogP contribution in [0.3, 0.4) is 0 Å². The fourth-order valence-electron chi connectivity index (χ4n) is 3.38. The maximum atomic E-state index is 5.93. The summed E-state index contributed by atoms with van der Waals surface area (Å²) in [6.45, 7) is 0.758. The van der Waals surface area contributed by atoms with E-state index < -0.39 is 0 Å². The molecule has 0 bridgehead atoms. The average Bonchev–Trinajstić information content (AvgIpc) is 2.98. The molecule has 1 aromatic carbocycles. The van der Waals surface area contributed by atoms with Gasteiger partial charge >= 0.3 is 0 Å². The van der Waals surface area contributed by atoms with Crippen molar-refractivity contribution in [1.82, 2.24) is 10.3 Å². The van der Waals surface area contributed by atoms with Crippen LogP contribution >= 0.6 is 11.3 Å². The summed E-state index contributed by atoms with van der Waals surface area (Å²) in [5.41, 5.74) is 2.61. The van der Waals surface area contributed by atoms with E-state index in [1.54, 1.807) is 0 Å². The van der Waals surface area contributed by atoms with Gasteiger partial charge in [0, 0.05) is 10.8 Å². The molecule has 2 unspecified atom stereocenters. The lowest BCUT2D eigenvalue weighted by molar-refractivity contribution is 0.262. The minimum Gasteiger partial charge on any atom is -0.493 e. The van der Waals surface area contributed by atoms with Crippen LogP contribution in [0, 0.1) is 0 Å². The fraction of sp³-hybridized carbons (Fsp3) is 0.471. The van der Waals surface area contributed by atoms with Gasteiger partial charge in [0.05, 0.1) is 23.4 Å².